The number of rotatable bonds is 2. The summed E-state index contributed by atoms with van der Waals surface area (Å²) in [6, 6.07) is 7.02. The summed E-state index contributed by atoms with van der Waals surface area (Å²) in [5.74, 6) is -0.958. The summed E-state index contributed by atoms with van der Waals surface area (Å²) in [4.78, 5) is 13.1. The first-order chi connectivity index (χ1) is 15.2. The monoisotopic (exact) mass is 464 g/mol. The highest BCUT2D eigenvalue weighted by atomic mass is 35.5. The van der Waals surface area contributed by atoms with Crippen molar-refractivity contribution >= 4 is 28.5 Å². The predicted octanol–water partition coefficient (Wildman–Crippen LogP) is 6.06. The Kier molecular flexibility index (Phi) is 4.81. The molecule has 32 heavy (non-hydrogen) atoms. The van der Waals surface area contributed by atoms with Crippen LogP contribution in [0.2, 0.25) is 5.02 Å². The quantitative estimate of drug-likeness (QED) is 0.367. The molecule has 1 N–H and O–H groups in total. The molecule has 2 aromatic carbocycles. The summed E-state index contributed by atoms with van der Waals surface area (Å²) in [5, 5.41) is 0.720. The third-order valence-electron chi connectivity index (χ3n) is 5.59. The molecule has 0 fully saturated rings. The van der Waals surface area contributed by atoms with Crippen LogP contribution in [-0.2, 0) is 12.6 Å². The van der Waals surface area contributed by atoms with Crippen molar-refractivity contribution in [3.05, 3.63) is 87.8 Å². The van der Waals surface area contributed by atoms with E-state index in [0.29, 0.717) is 29.7 Å². The molecule has 5 rings (SSSR count). The molecule has 0 aliphatic carbocycles. The number of aromatic amines is 1. The standard InChI is InChI=1S/C22H14ClF5N4/c23-16-7-15-14-5-6-32(21-29-9-13(24)10-30-21)20(19(14)31-18(15)8-17(16)25)11-1-3-12(4-2-11)22(26,27)28/h1-4,7-10,20,31H,5-6H2. The summed E-state index contributed by atoms with van der Waals surface area (Å²) in [7, 11) is 0. The van der Waals surface area contributed by atoms with E-state index in [0.717, 1.165) is 35.5 Å². The van der Waals surface area contributed by atoms with Gasteiger partial charge in [0.25, 0.3) is 0 Å². The molecule has 0 radical (unpaired) electrons. The van der Waals surface area contributed by atoms with E-state index in [1.54, 1.807) is 4.90 Å². The fourth-order valence-corrected chi connectivity index (χ4v) is 4.32. The molecule has 0 saturated carbocycles. The maximum absolute atomic E-state index is 14.0. The second-order valence-electron chi connectivity index (χ2n) is 7.50. The zero-order valence-corrected chi connectivity index (χ0v) is 17.0. The van der Waals surface area contributed by atoms with E-state index in [1.807, 2.05) is 0 Å². The first-order valence-corrected chi connectivity index (χ1v) is 10.0. The van der Waals surface area contributed by atoms with Crippen LogP contribution in [0.3, 0.4) is 0 Å². The van der Waals surface area contributed by atoms with Gasteiger partial charge in [-0.15, -0.1) is 0 Å². The SMILES string of the molecule is Fc1cnc(N2CCc3c([nH]c4cc(F)c(Cl)cc34)C2c2ccc(C(F)(F)F)cc2)nc1. The van der Waals surface area contributed by atoms with Crippen molar-refractivity contribution in [2.45, 2.75) is 18.6 Å². The molecule has 1 aliphatic rings. The number of hydrogen-bond acceptors (Lipinski definition) is 3. The number of fused-ring (bicyclic) bond motifs is 3. The number of alkyl halides is 3. The number of nitrogens with one attached hydrogen (secondary N) is 1. The van der Waals surface area contributed by atoms with Gasteiger partial charge in [-0.3, -0.25) is 0 Å². The van der Waals surface area contributed by atoms with E-state index in [2.05, 4.69) is 15.0 Å². The van der Waals surface area contributed by atoms with Gasteiger partial charge in [-0.05, 0) is 41.8 Å². The summed E-state index contributed by atoms with van der Waals surface area (Å²) in [6.07, 6.45) is -1.88. The molecule has 3 heterocycles. The molecule has 1 atom stereocenters. The third-order valence-corrected chi connectivity index (χ3v) is 5.87. The number of halogens is 6. The van der Waals surface area contributed by atoms with Crippen LogP contribution in [0.15, 0.2) is 48.8 Å². The molecule has 164 valence electrons. The lowest BCUT2D eigenvalue weighted by molar-refractivity contribution is -0.137. The van der Waals surface area contributed by atoms with Gasteiger partial charge in [0.15, 0.2) is 5.82 Å². The number of aromatic nitrogens is 3. The van der Waals surface area contributed by atoms with Gasteiger partial charge >= 0.3 is 6.18 Å². The molecule has 0 spiro atoms. The molecule has 10 heteroatoms. The predicted molar refractivity (Wildman–Crippen MR) is 110 cm³/mol. The lowest BCUT2D eigenvalue weighted by atomic mass is 9.92. The van der Waals surface area contributed by atoms with Crippen LogP contribution >= 0.6 is 11.6 Å². The molecule has 4 nitrogen and oxygen atoms in total. The molecule has 0 bridgehead atoms. The Morgan fingerprint density at radius 3 is 2.38 bits per heavy atom. The average molecular weight is 465 g/mol. The topological polar surface area (TPSA) is 44.8 Å². The minimum Gasteiger partial charge on any atom is -0.356 e. The minimum atomic E-state index is -4.47. The Balaban J connectivity index is 1.68. The van der Waals surface area contributed by atoms with Crippen molar-refractivity contribution in [3.8, 4) is 0 Å². The Labute approximate surface area is 183 Å². The normalized spacial score (nSPS) is 16.4. The van der Waals surface area contributed by atoms with Gasteiger partial charge in [0.2, 0.25) is 5.95 Å². The van der Waals surface area contributed by atoms with Crippen LogP contribution in [0.5, 0.6) is 0 Å². The smallest absolute Gasteiger partial charge is 0.356 e. The summed E-state index contributed by atoms with van der Waals surface area (Å²) < 4.78 is 66.7. The lowest BCUT2D eigenvalue weighted by Crippen LogP contribution is -2.37. The first-order valence-electron chi connectivity index (χ1n) is 9.63. The van der Waals surface area contributed by atoms with Gasteiger partial charge < -0.3 is 9.88 Å². The first kappa shape index (κ1) is 20.7. The van der Waals surface area contributed by atoms with Gasteiger partial charge in [-0.2, -0.15) is 13.2 Å². The Morgan fingerprint density at radius 1 is 1.03 bits per heavy atom. The number of hydrogen-bond donors (Lipinski definition) is 1. The number of anilines is 1. The second-order valence-corrected chi connectivity index (χ2v) is 7.90. The van der Waals surface area contributed by atoms with Crippen molar-refractivity contribution in [1.82, 2.24) is 15.0 Å². The summed E-state index contributed by atoms with van der Waals surface area (Å²) >= 11 is 5.98. The third kappa shape index (κ3) is 3.46. The van der Waals surface area contributed by atoms with E-state index < -0.39 is 29.4 Å². The van der Waals surface area contributed by atoms with E-state index in [9.17, 15) is 22.0 Å². The molecule has 2 aromatic heterocycles. The van der Waals surface area contributed by atoms with Gasteiger partial charge in [0.1, 0.15) is 5.82 Å². The average Bonchev–Trinajstić information content (AvgIpc) is 3.11. The van der Waals surface area contributed by atoms with Crippen molar-refractivity contribution in [1.29, 1.82) is 0 Å². The van der Waals surface area contributed by atoms with E-state index in [-0.39, 0.29) is 11.0 Å². The van der Waals surface area contributed by atoms with Crippen molar-refractivity contribution in [2.24, 2.45) is 0 Å². The van der Waals surface area contributed by atoms with Gasteiger partial charge in [-0.25, -0.2) is 18.7 Å². The van der Waals surface area contributed by atoms with Crippen LogP contribution in [-0.4, -0.2) is 21.5 Å². The van der Waals surface area contributed by atoms with Crippen molar-refractivity contribution in [2.75, 3.05) is 11.4 Å². The second kappa shape index (κ2) is 7.44. The van der Waals surface area contributed by atoms with Gasteiger partial charge in [0, 0.05) is 23.1 Å². The summed E-state index contributed by atoms with van der Waals surface area (Å²) in [5.41, 5.74) is 1.85. The van der Waals surface area contributed by atoms with Crippen LogP contribution in [0, 0.1) is 11.6 Å². The highest BCUT2D eigenvalue weighted by Gasteiger charge is 2.35. The Hall–Kier alpha value is -3.20. The van der Waals surface area contributed by atoms with Crippen molar-refractivity contribution < 1.29 is 22.0 Å². The number of H-pyrrole nitrogens is 1. The molecule has 4 aromatic rings. The largest absolute Gasteiger partial charge is 0.416 e. The Morgan fingerprint density at radius 2 is 1.72 bits per heavy atom. The molecule has 1 unspecified atom stereocenters. The zero-order valence-electron chi connectivity index (χ0n) is 16.2. The maximum atomic E-state index is 14.0. The number of benzene rings is 2. The molecule has 0 saturated heterocycles. The van der Waals surface area contributed by atoms with E-state index in [1.165, 1.54) is 24.3 Å². The van der Waals surface area contributed by atoms with Crippen LogP contribution in [0.1, 0.15) is 28.4 Å². The van der Waals surface area contributed by atoms with Crippen molar-refractivity contribution in [3.63, 3.8) is 0 Å². The fraction of sp³-hybridized carbons (Fsp3) is 0.182. The molecular formula is C22H14ClF5N4. The van der Waals surface area contributed by atoms with Crippen LogP contribution in [0.4, 0.5) is 27.9 Å². The molecular weight excluding hydrogens is 451 g/mol. The molecule has 0 amide bonds. The van der Waals surface area contributed by atoms with Gasteiger partial charge in [0.05, 0.1) is 29.0 Å². The molecule has 1 aliphatic heterocycles. The Bertz CT molecular complexity index is 1300. The summed E-state index contributed by atoms with van der Waals surface area (Å²) in [6.45, 7) is 0.409. The van der Waals surface area contributed by atoms with Crippen LogP contribution < -0.4 is 4.90 Å². The maximum Gasteiger partial charge on any atom is 0.416 e. The minimum absolute atomic E-state index is 0.0188. The highest BCUT2D eigenvalue weighted by Crippen LogP contribution is 2.41. The highest BCUT2D eigenvalue weighted by molar-refractivity contribution is 6.31. The van der Waals surface area contributed by atoms with Gasteiger partial charge in [-0.1, -0.05) is 23.7 Å². The van der Waals surface area contributed by atoms with E-state index >= 15 is 0 Å². The lowest BCUT2D eigenvalue weighted by Gasteiger charge is -2.36. The fourth-order valence-electron chi connectivity index (χ4n) is 4.16. The zero-order chi connectivity index (χ0) is 22.6. The van der Waals surface area contributed by atoms with Crippen LogP contribution in [0.25, 0.3) is 10.9 Å². The number of nitrogens with zero attached hydrogens (tertiary/aromatic N) is 3. The van der Waals surface area contributed by atoms with E-state index in [4.69, 9.17) is 11.6 Å².